The Morgan fingerprint density at radius 3 is 1.53 bits per heavy atom. The van der Waals surface area contributed by atoms with Crippen molar-refractivity contribution in [1.29, 1.82) is 0 Å². The molecule has 0 unspecified atom stereocenters. The average Bonchev–Trinajstić information content (AvgIpc) is 1.99. The minimum absolute atomic E-state index is 0.00617. The Morgan fingerprint density at radius 2 is 1.20 bits per heavy atom. The van der Waals surface area contributed by atoms with Gasteiger partial charge in [-0.25, -0.2) is 0 Å². The molecule has 0 bridgehead atoms. The molecular formula is C14H23P. The minimum atomic E-state index is -0.00617. The van der Waals surface area contributed by atoms with Gasteiger partial charge in [0.05, 0.1) is 0 Å². The van der Waals surface area contributed by atoms with Crippen LogP contribution in [0.2, 0.25) is 0 Å². The molecule has 0 nitrogen and oxygen atoms in total. The molecule has 0 amide bonds. The summed E-state index contributed by atoms with van der Waals surface area (Å²) in [4.78, 5) is 0. The fourth-order valence-electron chi connectivity index (χ4n) is 2.29. The molecule has 0 spiro atoms. The second-order valence-corrected chi connectivity index (χ2v) is 8.34. The summed E-state index contributed by atoms with van der Waals surface area (Å²) in [6.07, 6.45) is 0. The van der Waals surface area contributed by atoms with Crippen molar-refractivity contribution in [3.05, 3.63) is 29.3 Å². The third-order valence-electron chi connectivity index (χ3n) is 2.62. The summed E-state index contributed by atoms with van der Waals surface area (Å²) >= 11 is 0. The highest BCUT2D eigenvalue weighted by Crippen LogP contribution is 2.44. The third kappa shape index (κ3) is 3.31. The predicted molar refractivity (Wildman–Crippen MR) is 72.7 cm³/mol. The van der Waals surface area contributed by atoms with Gasteiger partial charge >= 0.3 is 0 Å². The zero-order valence-corrected chi connectivity index (χ0v) is 11.7. The third-order valence-corrected chi connectivity index (χ3v) is 5.70. The molecule has 0 aliphatic heterocycles. The molecule has 0 aliphatic rings. The number of benzene rings is 1. The Kier molecular flexibility index (Phi) is 4.34. The van der Waals surface area contributed by atoms with Crippen LogP contribution in [-0.2, 0) is 0 Å². The second-order valence-electron chi connectivity index (χ2n) is 4.94. The number of rotatable bonds is 3. The highest BCUT2D eigenvalue weighted by Gasteiger charge is 2.18. The molecule has 15 heavy (non-hydrogen) atoms. The van der Waals surface area contributed by atoms with Crippen LogP contribution < -0.4 is 5.30 Å². The quantitative estimate of drug-likeness (QED) is 0.671. The molecule has 0 fully saturated rings. The molecule has 0 saturated heterocycles. The van der Waals surface area contributed by atoms with Gasteiger partial charge in [0.25, 0.3) is 0 Å². The average molecular weight is 222 g/mol. The van der Waals surface area contributed by atoms with Crippen molar-refractivity contribution >= 4 is 13.2 Å². The van der Waals surface area contributed by atoms with Gasteiger partial charge in [0.2, 0.25) is 0 Å². The first-order valence-corrected chi connectivity index (χ1v) is 7.26. The Hall–Kier alpha value is -0.350. The first kappa shape index (κ1) is 12.7. The van der Waals surface area contributed by atoms with Gasteiger partial charge in [-0.05, 0) is 30.5 Å². The van der Waals surface area contributed by atoms with E-state index in [4.69, 9.17) is 0 Å². The van der Waals surface area contributed by atoms with Crippen molar-refractivity contribution in [2.24, 2.45) is 0 Å². The van der Waals surface area contributed by atoms with Crippen LogP contribution in [0.1, 0.15) is 38.8 Å². The van der Waals surface area contributed by atoms with E-state index in [1.165, 1.54) is 11.1 Å². The topological polar surface area (TPSA) is 0 Å². The number of hydrogen-bond acceptors (Lipinski definition) is 0. The molecule has 0 heterocycles. The molecule has 1 rings (SSSR count). The van der Waals surface area contributed by atoms with E-state index in [0.717, 1.165) is 11.3 Å². The van der Waals surface area contributed by atoms with Crippen LogP contribution in [0, 0.1) is 13.8 Å². The van der Waals surface area contributed by atoms with Gasteiger partial charge in [-0.15, -0.1) is 0 Å². The molecule has 0 saturated carbocycles. The normalized spacial score (nSPS) is 11.8. The molecule has 84 valence electrons. The van der Waals surface area contributed by atoms with Gasteiger partial charge in [0, 0.05) is 0 Å². The van der Waals surface area contributed by atoms with E-state index < -0.39 is 0 Å². The molecular weight excluding hydrogens is 199 g/mol. The SMILES string of the molecule is Cc1cc(C)cc(P(C(C)C)C(C)C)c1. The van der Waals surface area contributed by atoms with Crippen LogP contribution in [0.25, 0.3) is 0 Å². The Labute approximate surface area is 95.9 Å². The van der Waals surface area contributed by atoms with E-state index in [0.29, 0.717) is 0 Å². The maximum absolute atomic E-state index is 2.37. The molecule has 0 atom stereocenters. The molecule has 0 aromatic heterocycles. The van der Waals surface area contributed by atoms with Gasteiger partial charge in [0.15, 0.2) is 0 Å². The van der Waals surface area contributed by atoms with Gasteiger partial charge < -0.3 is 0 Å². The van der Waals surface area contributed by atoms with Crippen LogP contribution in [0.3, 0.4) is 0 Å². The lowest BCUT2D eigenvalue weighted by Gasteiger charge is -2.26. The Morgan fingerprint density at radius 1 is 0.800 bits per heavy atom. The fourth-order valence-corrected chi connectivity index (χ4v) is 5.38. The summed E-state index contributed by atoms with van der Waals surface area (Å²) in [7, 11) is -0.00617. The zero-order valence-electron chi connectivity index (χ0n) is 10.8. The summed E-state index contributed by atoms with van der Waals surface area (Å²) < 4.78 is 0. The largest absolute Gasteiger partial charge is 0.0701 e. The van der Waals surface area contributed by atoms with E-state index in [1.807, 2.05) is 0 Å². The standard InChI is InChI=1S/C14H23P/c1-10(2)15(11(3)4)14-8-12(5)7-13(6)9-14/h7-11H,1-6H3. The van der Waals surface area contributed by atoms with E-state index >= 15 is 0 Å². The molecule has 0 aliphatic carbocycles. The van der Waals surface area contributed by atoms with E-state index in [1.54, 1.807) is 5.30 Å². The van der Waals surface area contributed by atoms with E-state index in [2.05, 4.69) is 59.7 Å². The van der Waals surface area contributed by atoms with Crippen LogP contribution in [-0.4, -0.2) is 11.3 Å². The van der Waals surface area contributed by atoms with Gasteiger partial charge in [-0.3, -0.25) is 0 Å². The molecule has 0 radical (unpaired) electrons. The first-order chi connectivity index (χ1) is 6.91. The lowest BCUT2D eigenvalue weighted by molar-refractivity contribution is 1.02. The summed E-state index contributed by atoms with van der Waals surface area (Å²) in [5.74, 6) is 0. The summed E-state index contributed by atoms with van der Waals surface area (Å²) in [6, 6.07) is 7.01. The van der Waals surface area contributed by atoms with Crippen LogP contribution in [0.15, 0.2) is 18.2 Å². The van der Waals surface area contributed by atoms with Crippen LogP contribution in [0.5, 0.6) is 0 Å². The van der Waals surface area contributed by atoms with E-state index in [9.17, 15) is 0 Å². The maximum atomic E-state index is 2.37. The molecule has 1 heteroatoms. The lowest BCUT2D eigenvalue weighted by atomic mass is 10.2. The van der Waals surface area contributed by atoms with Crippen molar-refractivity contribution in [3.63, 3.8) is 0 Å². The molecule has 1 aromatic carbocycles. The van der Waals surface area contributed by atoms with Gasteiger partial charge in [-0.2, -0.15) is 0 Å². The van der Waals surface area contributed by atoms with Crippen molar-refractivity contribution in [2.75, 3.05) is 0 Å². The number of aryl methyl sites for hydroxylation is 2. The Balaban J connectivity index is 3.11. The Bertz CT molecular complexity index is 298. The van der Waals surface area contributed by atoms with Crippen LogP contribution >= 0.6 is 7.92 Å². The monoisotopic (exact) mass is 222 g/mol. The van der Waals surface area contributed by atoms with Crippen LogP contribution in [0.4, 0.5) is 0 Å². The minimum Gasteiger partial charge on any atom is -0.0701 e. The molecule has 1 aromatic rings. The highest BCUT2D eigenvalue weighted by molar-refractivity contribution is 7.66. The predicted octanol–water partition coefficient (Wildman–Crippen LogP) is 4.23. The van der Waals surface area contributed by atoms with Crippen molar-refractivity contribution in [2.45, 2.75) is 52.9 Å². The van der Waals surface area contributed by atoms with Crippen molar-refractivity contribution in [3.8, 4) is 0 Å². The van der Waals surface area contributed by atoms with Crippen molar-refractivity contribution in [1.82, 2.24) is 0 Å². The summed E-state index contributed by atoms with van der Waals surface area (Å²) in [5.41, 5.74) is 4.36. The summed E-state index contributed by atoms with van der Waals surface area (Å²) in [5, 5.41) is 1.58. The highest BCUT2D eigenvalue weighted by atomic mass is 31.1. The molecule has 0 N–H and O–H groups in total. The first-order valence-electron chi connectivity index (χ1n) is 5.78. The fraction of sp³-hybridized carbons (Fsp3) is 0.571. The summed E-state index contributed by atoms with van der Waals surface area (Å²) in [6.45, 7) is 13.8. The van der Waals surface area contributed by atoms with Crippen molar-refractivity contribution < 1.29 is 0 Å². The van der Waals surface area contributed by atoms with E-state index in [-0.39, 0.29) is 7.92 Å². The van der Waals surface area contributed by atoms with Gasteiger partial charge in [0.1, 0.15) is 0 Å². The maximum Gasteiger partial charge on any atom is -0.0223 e. The number of hydrogen-bond donors (Lipinski definition) is 0. The zero-order chi connectivity index (χ0) is 11.6. The van der Waals surface area contributed by atoms with Gasteiger partial charge in [-0.1, -0.05) is 64.9 Å². The second kappa shape index (κ2) is 5.12. The smallest absolute Gasteiger partial charge is 0.0223 e. The lowest BCUT2D eigenvalue weighted by Crippen LogP contribution is -2.15.